The first-order valence-corrected chi connectivity index (χ1v) is 5.25. The summed E-state index contributed by atoms with van der Waals surface area (Å²) >= 11 is 0. The lowest BCUT2D eigenvalue weighted by molar-refractivity contribution is 0.508. The largest absolute Gasteiger partial charge is 0.436 e. The molecule has 0 bridgehead atoms. The molecule has 0 radical (unpaired) electrons. The van der Waals surface area contributed by atoms with E-state index in [0.29, 0.717) is 22.4 Å². The summed E-state index contributed by atoms with van der Waals surface area (Å²) in [6.07, 6.45) is 0. The molecule has 5 heteroatoms. The second-order valence-corrected chi connectivity index (χ2v) is 3.88. The van der Waals surface area contributed by atoms with Crippen molar-refractivity contribution in [2.45, 2.75) is 0 Å². The minimum atomic E-state index is -0.936. The molecule has 0 aliphatic carbocycles. The maximum Gasteiger partial charge on any atom is 0.227 e. The van der Waals surface area contributed by atoms with Crippen LogP contribution in [0.1, 0.15) is 0 Å². The van der Waals surface area contributed by atoms with Gasteiger partial charge in [0.15, 0.2) is 17.2 Å². The SMILES string of the molecule is Nc1ccc2nc(-c3ccc(F)c(F)c3)oc2c1. The van der Waals surface area contributed by atoms with Crippen molar-refractivity contribution < 1.29 is 13.2 Å². The molecule has 18 heavy (non-hydrogen) atoms. The molecule has 1 aromatic heterocycles. The van der Waals surface area contributed by atoms with Crippen molar-refractivity contribution in [3.05, 3.63) is 48.0 Å². The van der Waals surface area contributed by atoms with E-state index in [1.54, 1.807) is 18.2 Å². The molecule has 3 rings (SSSR count). The van der Waals surface area contributed by atoms with Gasteiger partial charge in [0.05, 0.1) is 0 Å². The van der Waals surface area contributed by atoms with Gasteiger partial charge in [-0.1, -0.05) is 0 Å². The number of benzene rings is 2. The summed E-state index contributed by atoms with van der Waals surface area (Å²) in [7, 11) is 0. The molecule has 0 aliphatic heterocycles. The number of fused-ring (bicyclic) bond motifs is 1. The van der Waals surface area contributed by atoms with E-state index in [2.05, 4.69) is 4.98 Å². The molecule has 3 nitrogen and oxygen atoms in total. The second kappa shape index (κ2) is 3.80. The average Bonchev–Trinajstić information content (AvgIpc) is 2.75. The van der Waals surface area contributed by atoms with Gasteiger partial charge in [-0.25, -0.2) is 13.8 Å². The zero-order valence-electron chi connectivity index (χ0n) is 9.15. The van der Waals surface area contributed by atoms with E-state index in [1.807, 2.05) is 0 Å². The third-order valence-electron chi connectivity index (χ3n) is 2.58. The van der Waals surface area contributed by atoms with Crippen molar-refractivity contribution in [3.63, 3.8) is 0 Å². The van der Waals surface area contributed by atoms with E-state index in [1.165, 1.54) is 6.07 Å². The van der Waals surface area contributed by atoms with Gasteiger partial charge >= 0.3 is 0 Å². The van der Waals surface area contributed by atoms with Crippen molar-refractivity contribution in [2.75, 3.05) is 5.73 Å². The Bertz CT molecular complexity index is 737. The maximum atomic E-state index is 13.1. The van der Waals surface area contributed by atoms with E-state index >= 15 is 0 Å². The molecule has 0 amide bonds. The molecule has 0 fully saturated rings. The molecule has 90 valence electrons. The molecular formula is C13H8F2N2O. The minimum Gasteiger partial charge on any atom is -0.436 e. The third-order valence-corrected chi connectivity index (χ3v) is 2.58. The van der Waals surface area contributed by atoms with Crippen LogP contribution >= 0.6 is 0 Å². The van der Waals surface area contributed by atoms with Crippen molar-refractivity contribution in [1.29, 1.82) is 0 Å². The Kier molecular flexibility index (Phi) is 2.26. The smallest absolute Gasteiger partial charge is 0.227 e. The molecular weight excluding hydrogens is 238 g/mol. The summed E-state index contributed by atoms with van der Waals surface area (Å²) in [5.74, 6) is -1.61. The Morgan fingerprint density at radius 2 is 1.83 bits per heavy atom. The highest BCUT2D eigenvalue weighted by molar-refractivity contribution is 5.79. The number of nitrogens with two attached hydrogens (primary N) is 1. The van der Waals surface area contributed by atoms with Crippen molar-refractivity contribution in [3.8, 4) is 11.5 Å². The van der Waals surface area contributed by atoms with E-state index < -0.39 is 11.6 Å². The van der Waals surface area contributed by atoms with Crippen LogP contribution in [0, 0.1) is 11.6 Å². The van der Waals surface area contributed by atoms with E-state index in [-0.39, 0.29) is 5.89 Å². The molecule has 1 heterocycles. The standard InChI is InChI=1S/C13H8F2N2O/c14-9-3-1-7(5-10(9)15)13-17-11-4-2-8(16)6-12(11)18-13/h1-6H,16H2. The third kappa shape index (κ3) is 1.69. The predicted molar refractivity (Wildman–Crippen MR) is 63.8 cm³/mol. The summed E-state index contributed by atoms with van der Waals surface area (Å²) < 4.78 is 31.4. The molecule has 0 saturated carbocycles. The first-order valence-electron chi connectivity index (χ1n) is 5.25. The molecule has 0 aliphatic rings. The van der Waals surface area contributed by atoms with E-state index in [4.69, 9.17) is 10.2 Å². The normalized spacial score (nSPS) is 11.0. The summed E-state index contributed by atoms with van der Waals surface area (Å²) in [5, 5.41) is 0. The fourth-order valence-electron chi connectivity index (χ4n) is 1.69. The molecule has 2 N–H and O–H groups in total. The summed E-state index contributed by atoms with van der Waals surface area (Å²) in [6.45, 7) is 0. The fraction of sp³-hybridized carbons (Fsp3) is 0. The van der Waals surface area contributed by atoms with Gasteiger partial charge in [-0.15, -0.1) is 0 Å². The second-order valence-electron chi connectivity index (χ2n) is 3.88. The highest BCUT2D eigenvalue weighted by Gasteiger charge is 2.11. The summed E-state index contributed by atoms with van der Waals surface area (Å²) in [4.78, 5) is 4.18. The number of hydrogen-bond donors (Lipinski definition) is 1. The number of rotatable bonds is 1. The van der Waals surface area contributed by atoms with Crippen LogP contribution in [0.2, 0.25) is 0 Å². The van der Waals surface area contributed by atoms with Gasteiger partial charge in [-0.05, 0) is 30.3 Å². The molecule has 0 saturated heterocycles. The van der Waals surface area contributed by atoms with Crippen molar-refractivity contribution >= 4 is 16.8 Å². The quantitative estimate of drug-likeness (QED) is 0.670. The van der Waals surface area contributed by atoms with Crippen LogP contribution < -0.4 is 5.73 Å². The zero-order valence-corrected chi connectivity index (χ0v) is 9.15. The zero-order chi connectivity index (χ0) is 12.7. The number of halogens is 2. The Balaban J connectivity index is 2.16. The van der Waals surface area contributed by atoms with Gasteiger partial charge in [0.1, 0.15) is 5.52 Å². The van der Waals surface area contributed by atoms with Gasteiger partial charge in [-0.2, -0.15) is 0 Å². The lowest BCUT2D eigenvalue weighted by atomic mass is 10.2. The molecule has 3 aromatic rings. The van der Waals surface area contributed by atoms with Gasteiger partial charge < -0.3 is 10.2 Å². The lowest BCUT2D eigenvalue weighted by Crippen LogP contribution is -1.85. The fourth-order valence-corrected chi connectivity index (χ4v) is 1.69. The Labute approximate surface area is 101 Å². The Hall–Kier alpha value is -2.43. The van der Waals surface area contributed by atoms with Crippen LogP contribution in [-0.4, -0.2) is 4.98 Å². The maximum absolute atomic E-state index is 13.1. The van der Waals surface area contributed by atoms with Crippen LogP contribution in [0.3, 0.4) is 0 Å². The van der Waals surface area contributed by atoms with Crippen LogP contribution in [0.15, 0.2) is 40.8 Å². The van der Waals surface area contributed by atoms with Crippen molar-refractivity contribution in [1.82, 2.24) is 4.98 Å². The van der Waals surface area contributed by atoms with Crippen molar-refractivity contribution in [2.24, 2.45) is 0 Å². The number of aromatic nitrogens is 1. The Morgan fingerprint density at radius 1 is 1.00 bits per heavy atom. The predicted octanol–water partition coefficient (Wildman–Crippen LogP) is 3.36. The lowest BCUT2D eigenvalue weighted by Gasteiger charge is -1.96. The molecule has 0 atom stereocenters. The van der Waals surface area contributed by atoms with Gasteiger partial charge in [0.2, 0.25) is 5.89 Å². The number of oxazole rings is 1. The van der Waals surface area contributed by atoms with Crippen LogP contribution in [0.5, 0.6) is 0 Å². The van der Waals surface area contributed by atoms with E-state index in [0.717, 1.165) is 12.1 Å². The summed E-state index contributed by atoms with van der Waals surface area (Å²) in [6, 6.07) is 8.52. The number of nitrogens with zero attached hydrogens (tertiary/aromatic N) is 1. The average molecular weight is 246 g/mol. The highest BCUT2D eigenvalue weighted by atomic mass is 19.2. The number of hydrogen-bond acceptors (Lipinski definition) is 3. The van der Waals surface area contributed by atoms with Crippen LogP contribution in [0.4, 0.5) is 14.5 Å². The monoisotopic (exact) mass is 246 g/mol. The van der Waals surface area contributed by atoms with Gasteiger partial charge in [0, 0.05) is 17.3 Å². The first kappa shape index (κ1) is 10.7. The molecule has 2 aromatic carbocycles. The summed E-state index contributed by atoms with van der Waals surface area (Å²) in [5.41, 5.74) is 7.67. The molecule has 0 spiro atoms. The highest BCUT2D eigenvalue weighted by Crippen LogP contribution is 2.26. The number of nitrogen functional groups attached to an aromatic ring is 1. The van der Waals surface area contributed by atoms with Crippen LogP contribution in [-0.2, 0) is 0 Å². The molecule has 0 unspecified atom stereocenters. The van der Waals surface area contributed by atoms with Crippen LogP contribution in [0.25, 0.3) is 22.6 Å². The van der Waals surface area contributed by atoms with Gasteiger partial charge in [-0.3, -0.25) is 0 Å². The topological polar surface area (TPSA) is 52.0 Å². The van der Waals surface area contributed by atoms with E-state index in [9.17, 15) is 8.78 Å². The first-order chi connectivity index (χ1) is 8.63. The van der Waals surface area contributed by atoms with Gasteiger partial charge in [0.25, 0.3) is 0 Å². The minimum absolute atomic E-state index is 0.231. The number of anilines is 1. The Morgan fingerprint density at radius 3 is 2.61 bits per heavy atom.